The fraction of sp³-hybridized carbons (Fsp3) is 0.500. The smallest absolute Gasteiger partial charge is 0.261 e. The summed E-state index contributed by atoms with van der Waals surface area (Å²) in [7, 11) is 2.09. The number of hydrogen-bond donors (Lipinski definition) is 1. The van der Waals surface area contributed by atoms with Gasteiger partial charge in [0, 0.05) is 50.4 Å². The van der Waals surface area contributed by atoms with E-state index in [2.05, 4.69) is 36.0 Å². The van der Waals surface area contributed by atoms with E-state index in [4.69, 9.17) is 21.3 Å². The van der Waals surface area contributed by atoms with Gasteiger partial charge in [0.05, 0.1) is 11.7 Å². The average molecular weight is 474 g/mol. The zero-order valence-electron chi connectivity index (χ0n) is 19.2. The van der Waals surface area contributed by atoms with E-state index in [1.807, 2.05) is 4.90 Å². The van der Waals surface area contributed by atoms with E-state index < -0.39 is 5.82 Å². The largest absolute Gasteiger partial charge is 0.489 e. The minimum atomic E-state index is -0.418. The number of fused-ring (bicyclic) bond motifs is 2. The van der Waals surface area contributed by atoms with E-state index in [9.17, 15) is 9.18 Å². The number of anilines is 1. The van der Waals surface area contributed by atoms with Crippen molar-refractivity contribution in [2.45, 2.75) is 25.4 Å². The molecule has 0 spiro atoms. The molecule has 4 heterocycles. The molecule has 0 unspecified atom stereocenters. The molecule has 33 heavy (non-hydrogen) atoms. The van der Waals surface area contributed by atoms with Crippen molar-refractivity contribution in [1.29, 1.82) is 0 Å². The van der Waals surface area contributed by atoms with Gasteiger partial charge in [0.15, 0.2) is 5.75 Å². The first-order chi connectivity index (χ1) is 15.8. The van der Waals surface area contributed by atoms with Crippen molar-refractivity contribution < 1.29 is 13.9 Å². The lowest BCUT2D eigenvalue weighted by Crippen LogP contribution is -2.58. The van der Waals surface area contributed by atoms with Crippen LogP contribution in [0.15, 0.2) is 24.3 Å². The number of piperazine rings is 2. The molecule has 7 nitrogen and oxygen atoms in total. The summed E-state index contributed by atoms with van der Waals surface area (Å²) in [4.78, 5) is 24.9. The summed E-state index contributed by atoms with van der Waals surface area (Å²) in [5.74, 6) is 0.266. The van der Waals surface area contributed by atoms with Gasteiger partial charge in [-0.2, -0.15) is 0 Å². The predicted molar refractivity (Wildman–Crippen MR) is 127 cm³/mol. The van der Waals surface area contributed by atoms with Crippen LogP contribution in [0, 0.1) is 5.82 Å². The number of hydrogen-bond acceptors (Lipinski definition) is 6. The molecule has 1 N–H and O–H groups in total. The fourth-order valence-electron chi connectivity index (χ4n) is 4.84. The first-order valence-corrected chi connectivity index (χ1v) is 11.7. The van der Waals surface area contributed by atoms with Gasteiger partial charge in [0.25, 0.3) is 5.91 Å². The number of amides is 1. The zero-order chi connectivity index (χ0) is 23.3. The van der Waals surface area contributed by atoms with Crippen LogP contribution in [0.25, 0.3) is 11.3 Å². The van der Waals surface area contributed by atoms with Crippen molar-refractivity contribution in [1.82, 2.24) is 20.1 Å². The van der Waals surface area contributed by atoms with E-state index in [0.717, 1.165) is 13.1 Å². The molecule has 5 rings (SSSR count). The number of carbonyl (C=O) groups is 1. The molecule has 2 fully saturated rings. The first kappa shape index (κ1) is 22.4. The lowest BCUT2D eigenvalue weighted by atomic mass is 9.98. The molecule has 1 aromatic carbocycles. The van der Waals surface area contributed by atoms with Crippen LogP contribution in [-0.4, -0.2) is 85.2 Å². The Kier molecular flexibility index (Phi) is 5.71. The van der Waals surface area contributed by atoms with Gasteiger partial charge >= 0.3 is 0 Å². The van der Waals surface area contributed by atoms with Gasteiger partial charge < -0.3 is 19.9 Å². The van der Waals surface area contributed by atoms with Crippen LogP contribution < -0.4 is 15.0 Å². The van der Waals surface area contributed by atoms with Crippen LogP contribution in [0.4, 0.5) is 10.2 Å². The number of likely N-dealkylation sites (N-methyl/N-ethyl adjacent to an activating group) is 1. The van der Waals surface area contributed by atoms with Crippen molar-refractivity contribution in [3.05, 3.63) is 40.7 Å². The number of nitrogens with zero attached hydrogens (tertiary/aromatic N) is 4. The number of halogens is 2. The van der Waals surface area contributed by atoms with Gasteiger partial charge in [-0.3, -0.25) is 9.69 Å². The van der Waals surface area contributed by atoms with Crippen LogP contribution in [0.1, 0.15) is 24.2 Å². The third kappa shape index (κ3) is 3.84. The molecule has 9 heteroatoms. The summed E-state index contributed by atoms with van der Waals surface area (Å²) >= 11 is 6.79. The van der Waals surface area contributed by atoms with Gasteiger partial charge in [-0.05, 0) is 33.0 Å². The summed E-state index contributed by atoms with van der Waals surface area (Å²) in [6.45, 7) is 8.78. The fourth-order valence-corrected chi connectivity index (χ4v) is 5.13. The predicted octanol–water partition coefficient (Wildman–Crippen LogP) is 2.88. The highest BCUT2D eigenvalue weighted by Crippen LogP contribution is 2.44. The molecule has 1 aromatic heterocycles. The number of carbonyl (C=O) groups excluding carboxylic acids is 1. The Morgan fingerprint density at radius 3 is 2.79 bits per heavy atom. The molecule has 0 saturated carbocycles. The van der Waals surface area contributed by atoms with Crippen molar-refractivity contribution in [3.63, 3.8) is 0 Å². The van der Waals surface area contributed by atoms with E-state index in [1.54, 1.807) is 18.2 Å². The Labute approximate surface area is 198 Å². The summed E-state index contributed by atoms with van der Waals surface area (Å²) in [6, 6.07) is 6.32. The third-order valence-electron chi connectivity index (χ3n) is 7.07. The lowest BCUT2D eigenvalue weighted by molar-refractivity contribution is 0.0606. The molecule has 3 aliphatic heterocycles. The molecule has 176 valence electrons. The van der Waals surface area contributed by atoms with E-state index in [1.165, 1.54) is 6.07 Å². The van der Waals surface area contributed by atoms with Gasteiger partial charge in [0.1, 0.15) is 28.8 Å². The SMILES string of the molecule is CN1CCN(c2nc(-c3ccccc3F)c(Cl)c3c2C(=O)N2CCNC[C@@H]2CO3)CC1(C)C. The summed E-state index contributed by atoms with van der Waals surface area (Å²) in [6.07, 6.45) is 0. The number of benzene rings is 1. The summed E-state index contributed by atoms with van der Waals surface area (Å²) in [5.41, 5.74) is 0.840. The number of aromatic nitrogens is 1. The average Bonchev–Trinajstić information content (AvgIpc) is 2.94. The van der Waals surface area contributed by atoms with Gasteiger partial charge in [-0.25, -0.2) is 9.37 Å². The van der Waals surface area contributed by atoms with Crippen LogP contribution in [0.3, 0.4) is 0 Å². The Morgan fingerprint density at radius 1 is 1.24 bits per heavy atom. The molecule has 0 aliphatic carbocycles. The normalized spacial score (nSPS) is 22.9. The second-order valence-electron chi connectivity index (χ2n) is 9.61. The van der Waals surface area contributed by atoms with Crippen LogP contribution >= 0.6 is 11.6 Å². The minimum Gasteiger partial charge on any atom is -0.489 e. The maximum absolute atomic E-state index is 14.8. The quantitative estimate of drug-likeness (QED) is 0.723. The topological polar surface area (TPSA) is 60.9 Å². The Bertz CT molecular complexity index is 1090. The lowest BCUT2D eigenvalue weighted by Gasteiger charge is -2.46. The van der Waals surface area contributed by atoms with Crippen LogP contribution in [0.5, 0.6) is 5.75 Å². The number of pyridine rings is 1. The van der Waals surface area contributed by atoms with Crippen molar-refractivity contribution in [2.75, 3.05) is 57.8 Å². The van der Waals surface area contributed by atoms with Gasteiger partial charge in [-0.15, -0.1) is 0 Å². The third-order valence-corrected chi connectivity index (χ3v) is 7.42. The highest BCUT2D eigenvalue weighted by atomic mass is 35.5. The monoisotopic (exact) mass is 473 g/mol. The first-order valence-electron chi connectivity index (χ1n) is 11.4. The van der Waals surface area contributed by atoms with E-state index in [0.29, 0.717) is 61.2 Å². The van der Waals surface area contributed by atoms with Gasteiger partial charge in [-0.1, -0.05) is 23.7 Å². The van der Waals surface area contributed by atoms with E-state index >= 15 is 0 Å². The second kappa shape index (κ2) is 8.42. The van der Waals surface area contributed by atoms with Crippen molar-refractivity contribution in [3.8, 4) is 17.0 Å². The molecule has 2 aromatic rings. The Balaban J connectivity index is 1.71. The van der Waals surface area contributed by atoms with Crippen LogP contribution in [0.2, 0.25) is 5.02 Å². The molecule has 1 amide bonds. The highest BCUT2D eigenvalue weighted by molar-refractivity contribution is 6.35. The molecule has 1 atom stereocenters. The summed E-state index contributed by atoms with van der Waals surface area (Å²) in [5, 5.41) is 3.50. The van der Waals surface area contributed by atoms with Crippen molar-refractivity contribution >= 4 is 23.3 Å². The molecular weight excluding hydrogens is 445 g/mol. The number of rotatable bonds is 2. The second-order valence-corrected chi connectivity index (χ2v) is 9.98. The molecule has 3 aliphatic rings. The van der Waals surface area contributed by atoms with Crippen molar-refractivity contribution in [2.24, 2.45) is 0 Å². The maximum Gasteiger partial charge on any atom is 0.261 e. The Morgan fingerprint density at radius 2 is 2.03 bits per heavy atom. The number of nitrogens with one attached hydrogen (secondary N) is 1. The molecule has 2 saturated heterocycles. The molecule has 0 radical (unpaired) electrons. The minimum absolute atomic E-state index is 0.0941. The van der Waals surface area contributed by atoms with Gasteiger partial charge in [0.2, 0.25) is 0 Å². The molecule has 0 bridgehead atoms. The number of ether oxygens (including phenoxy) is 1. The molecular formula is C24H29ClFN5O2. The van der Waals surface area contributed by atoms with E-state index in [-0.39, 0.29) is 22.5 Å². The van der Waals surface area contributed by atoms with Crippen LogP contribution in [-0.2, 0) is 0 Å². The standard InChI is InChI=1S/C24H29ClFN5O2/c1-24(2)14-30(11-10-29(24)3)22-18-21(33-13-15-12-27-8-9-31(15)23(18)32)19(25)20(28-22)16-6-4-5-7-17(16)26/h4-7,15,27H,8-14H2,1-3H3/t15-/m1/s1. The Hall–Kier alpha value is -2.42. The highest BCUT2D eigenvalue weighted by Gasteiger charge is 2.40. The maximum atomic E-state index is 14.8. The summed E-state index contributed by atoms with van der Waals surface area (Å²) < 4.78 is 21.0. The zero-order valence-corrected chi connectivity index (χ0v) is 20.0.